The van der Waals surface area contributed by atoms with Crippen molar-refractivity contribution < 1.29 is 0 Å². The number of allylic oxidation sites excluding steroid dienone is 5. The van der Waals surface area contributed by atoms with Crippen molar-refractivity contribution in [1.29, 1.82) is 0 Å². The van der Waals surface area contributed by atoms with Crippen molar-refractivity contribution in [2.75, 3.05) is 0 Å². The van der Waals surface area contributed by atoms with Crippen LogP contribution >= 0.6 is 0 Å². The van der Waals surface area contributed by atoms with Crippen LogP contribution in [0.15, 0.2) is 54.1 Å². The fraction of sp³-hybridized carbons (Fsp3) is 0.318. The summed E-state index contributed by atoms with van der Waals surface area (Å²) in [6.45, 7) is 11.3. The molecule has 0 N–H and O–H groups in total. The maximum absolute atomic E-state index is 4.85. The van der Waals surface area contributed by atoms with Gasteiger partial charge in [0.2, 0.25) is 0 Å². The summed E-state index contributed by atoms with van der Waals surface area (Å²) >= 11 is 0. The van der Waals surface area contributed by atoms with E-state index in [4.69, 9.17) is 4.98 Å². The average molecular weight is 320 g/mol. The number of benzene rings is 1. The zero-order chi connectivity index (χ0) is 17.5. The predicted molar refractivity (Wildman–Crippen MR) is 104 cm³/mol. The Kier molecular flexibility index (Phi) is 6.36. The molecule has 0 amide bonds. The molecule has 2 aromatic rings. The van der Waals surface area contributed by atoms with Crippen LogP contribution in [0.3, 0.4) is 0 Å². The molecule has 2 nitrogen and oxygen atoms in total. The van der Waals surface area contributed by atoms with Crippen molar-refractivity contribution in [1.82, 2.24) is 9.55 Å². The third-order valence-electron chi connectivity index (χ3n) is 4.17. The molecule has 0 atom stereocenters. The first-order chi connectivity index (χ1) is 11.6. The Balaban J connectivity index is 2.42. The largest absolute Gasteiger partial charge is 0.324 e. The second-order valence-electron chi connectivity index (χ2n) is 6.11. The van der Waals surface area contributed by atoms with Gasteiger partial charge in [0.15, 0.2) is 0 Å². The maximum atomic E-state index is 4.85. The second kappa shape index (κ2) is 8.49. The third-order valence-corrected chi connectivity index (χ3v) is 4.17. The quantitative estimate of drug-likeness (QED) is 0.629. The minimum absolute atomic E-state index is 0.850. The summed E-state index contributed by atoms with van der Waals surface area (Å²) in [7, 11) is 0. The molecule has 2 rings (SSSR count). The Morgan fingerprint density at radius 3 is 2.33 bits per heavy atom. The van der Waals surface area contributed by atoms with E-state index < -0.39 is 0 Å². The van der Waals surface area contributed by atoms with Gasteiger partial charge in [0.25, 0.3) is 0 Å². The molecule has 0 fully saturated rings. The first kappa shape index (κ1) is 18.0. The molecule has 0 spiro atoms. The second-order valence-corrected chi connectivity index (χ2v) is 6.11. The van der Waals surface area contributed by atoms with E-state index in [9.17, 15) is 0 Å². The molecule has 0 aliphatic rings. The molecule has 0 unspecified atom stereocenters. The van der Waals surface area contributed by atoms with Crippen LogP contribution in [-0.2, 0) is 13.0 Å². The Labute approximate surface area is 146 Å². The Hall–Kier alpha value is -2.35. The minimum Gasteiger partial charge on any atom is -0.324 e. The van der Waals surface area contributed by atoms with Crippen LogP contribution in [0, 0.1) is 13.8 Å². The van der Waals surface area contributed by atoms with Gasteiger partial charge < -0.3 is 4.57 Å². The lowest BCUT2D eigenvalue weighted by Crippen LogP contribution is -2.08. The Morgan fingerprint density at radius 1 is 1.04 bits per heavy atom. The van der Waals surface area contributed by atoms with E-state index in [-0.39, 0.29) is 0 Å². The summed E-state index contributed by atoms with van der Waals surface area (Å²) in [5, 5.41) is 0. The lowest BCUT2D eigenvalue weighted by atomic mass is 10.1. The monoisotopic (exact) mass is 320 g/mol. The van der Waals surface area contributed by atoms with Crippen LogP contribution in [0.1, 0.15) is 49.1 Å². The van der Waals surface area contributed by atoms with Gasteiger partial charge in [-0.1, -0.05) is 54.1 Å². The molecule has 1 heterocycles. The highest BCUT2D eigenvalue weighted by molar-refractivity contribution is 5.49. The van der Waals surface area contributed by atoms with Gasteiger partial charge in [0.05, 0.1) is 11.4 Å². The lowest BCUT2D eigenvalue weighted by Gasteiger charge is -2.12. The van der Waals surface area contributed by atoms with E-state index >= 15 is 0 Å². The highest BCUT2D eigenvalue weighted by Crippen LogP contribution is 2.19. The highest BCUT2D eigenvalue weighted by Gasteiger charge is 2.13. The molecule has 126 valence electrons. The lowest BCUT2D eigenvalue weighted by molar-refractivity contribution is 0.732. The van der Waals surface area contributed by atoms with E-state index in [2.05, 4.69) is 93.8 Å². The van der Waals surface area contributed by atoms with Gasteiger partial charge in [-0.05, 0) is 51.8 Å². The van der Waals surface area contributed by atoms with Crippen molar-refractivity contribution >= 4 is 6.08 Å². The number of imidazole rings is 1. The van der Waals surface area contributed by atoms with Crippen LogP contribution in [0.4, 0.5) is 0 Å². The fourth-order valence-electron chi connectivity index (χ4n) is 2.85. The van der Waals surface area contributed by atoms with Crippen LogP contribution in [0.25, 0.3) is 6.08 Å². The molecule has 1 aromatic carbocycles. The van der Waals surface area contributed by atoms with Gasteiger partial charge in [0.1, 0.15) is 5.82 Å². The van der Waals surface area contributed by atoms with E-state index in [1.165, 1.54) is 22.4 Å². The smallest absolute Gasteiger partial charge is 0.114 e. The topological polar surface area (TPSA) is 17.8 Å². The van der Waals surface area contributed by atoms with Crippen molar-refractivity contribution in [3.8, 4) is 0 Å². The van der Waals surface area contributed by atoms with Crippen molar-refractivity contribution in [2.24, 2.45) is 0 Å². The van der Waals surface area contributed by atoms with Crippen molar-refractivity contribution in [2.45, 2.75) is 47.6 Å². The number of nitrogens with zero attached hydrogens (tertiary/aromatic N) is 2. The SMILES string of the molecule is C/C=C\C(=C/C)Cn1c(Cc2ccc(C)cc2)nc(C)c1/C=C\C. The first-order valence-corrected chi connectivity index (χ1v) is 8.61. The van der Waals surface area contributed by atoms with Crippen LogP contribution in [0.5, 0.6) is 0 Å². The fourth-order valence-corrected chi connectivity index (χ4v) is 2.85. The number of aryl methyl sites for hydroxylation is 2. The van der Waals surface area contributed by atoms with Gasteiger partial charge in [-0.25, -0.2) is 4.98 Å². The van der Waals surface area contributed by atoms with Gasteiger partial charge >= 0.3 is 0 Å². The number of hydrogen-bond acceptors (Lipinski definition) is 1. The summed E-state index contributed by atoms with van der Waals surface area (Å²) < 4.78 is 2.34. The van der Waals surface area contributed by atoms with Crippen molar-refractivity contribution in [3.63, 3.8) is 0 Å². The number of rotatable bonds is 6. The van der Waals surface area contributed by atoms with Crippen molar-refractivity contribution in [3.05, 3.63) is 82.5 Å². The first-order valence-electron chi connectivity index (χ1n) is 8.61. The summed E-state index contributed by atoms with van der Waals surface area (Å²) in [5.41, 5.74) is 6.17. The molecule has 0 saturated carbocycles. The molecule has 1 aromatic heterocycles. The van der Waals surface area contributed by atoms with E-state index in [1.54, 1.807) is 0 Å². The molecule has 0 radical (unpaired) electrons. The van der Waals surface area contributed by atoms with E-state index in [0.29, 0.717) is 0 Å². The molecule has 0 saturated heterocycles. The molecule has 24 heavy (non-hydrogen) atoms. The molecule has 0 aliphatic heterocycles. The maximum Gasteiger partial charge on any atom is 0.114 e. The summed E-state index contributed by atoms with van der Waals surface area (Å²) in [5.74, 6) is 1.12. The summed E-state index contributed by atoms with van der Waals surface area (Å²) in [4.78, 5) is 4.85. The number of hydrogen-bond donors (Lipinski definition) is 0. The van der Waals surface area contributed by atoms with E-state index in [0.717, 1.165) is 24.5 Å². The third kappa shape index (κ3) is 4.35. The van der Waals surface area contributed by atoms with Gasteiger partial charge in [-0.15, -0.1) is 0 Å². The Bertz CT molecular complexity index is 756. The molecule has 2 heteroatoms. The van der Waals surface area contributed by atoms with Crippen LogP contribution in [-0.4, -0.2) is 9.55 Å². The highest BCUT2D eigenvalue weighted by atomic mass is 15.1. The average Bonchev–Trinajstić information content (AvgIpc) is 2.85. The number of aromatic nitrogens is 2. The van der Waals surface area contributed by atoms with Gasteiger partial charge in [-0.2, -0.15) is 0 Å². The van der Waals surface area contributed by atoms with Gasteiger partial charge in [-0.3, -0.25) is 0 Å². The zero-order valence-corrected chi connectivity index (χ0v) is 15.5. The van der Waals surface area contributed by atoms with Crippen LogP contribution < -0.4 is 0 Å². The normalized spacial score (nSPS) is 12.6. The molecular formula is C22H28N2. The van der Waals surface area contributed by atoms with Crippen LogP contribution in [0.2, 0.25) is 0 Å². The molecular weight excluding hydrogens is 292 g/mol. The zero-order valence-electron chi connectivity index (χ0n) is 15.5. The standard InChI is InChI=1S/C22H28N2/c1-6-9-19(8-3)16-24-21(10-7-2)18(5)23-22(24)15-20-13-11-17(4)12-14-20/h6-14H,15-16H2,1-5H3/b9-6-,10-7-,19-8+. The van der Waals surface area contributed by atoms with Gasteiger partial charge in [0, 0.05) is 13.0 Å². The minimum atomic E-state index is 0.850. The summed E-state index contributed by atoms with van der Waals surface area (Å²) in [6.07, 6.45) is 11.5. The van der Waals surface area contributed by atoms with E-state index in [1.807, 2.05) is 0 Å². The molecule has 0 aliphatic carbocycles. The molecule has 0 bridgehead atoms. The summed E-state index contributed by atoms with van der Waals surface area (Å²) in [6, 6.07) is 8.72. The Morgan fingerprint density at radius 2 is 1.75 bits per heavy atom. The predicted octanol–water partition coefficient (Wildman–Crippen LogP) is 5.65.